The second kappa shape index (κ2) is 7.41. The summed E-state index contributed by atoms with van der Waals surface area (Å²) in [5.74, 6) is 0. The van der Waals surface area contributed by atoms with Crippen LogP contribution >= 0.6 is 12.2 Å². The fourth-order valence-electron chi connectivity index (χ4n) is 3.36. The van der Waals surface area contributed by atoms with Gasteiger partial charge in [-0.1, -0.05) is 25.1 Å². The summed E-state index contributed by atoms with van der Waals surface area (Å²) in [6.45, 7) is 5.84. The second-order valence-corrected chi connectivity index (χ2v) is 6.30. The smallest absolute Gasteiger partial charge is 0.0870 e. The standard InChI is InChI=1S/C14H27N3S/c15-14(18)12-17(13-6-1-2-7-13)11-5-10-16-8-3-4-9-16/h13H,1-12H2,(H2,15,18). The van der Waals surface area contributed by atoms with Crippen molar-refractivity contribution in [3.8, 4) is 0 Å². The Hall–Kier alpha value is -0.190. The molecule has 1 aliphatic carbocycles. The number of likely N-dealkylation sites (tertiary alicyclic amines) is 1. The van der Waals surface area contributed by atoms with Crippen molar-refractivity contribution in [2.75, 3.05) is 32.7 Å². The number of nitrogens with zero attached hydrogens (tertiary/aromatic N) is 2. The van der Waals surface area contributed by atoms with Crippen LogP contribution in [0.4, 0.5) is 0 Å². The fourth-order valence-corrected chi connectivity index (χ4v) is 3.53. The summed E-state index contributed by atoms with van der Waals surface area (Å²) >= 11 is 5.09. The molecule has 2 aliphatic rings. The van der Waals surface area contributed by atoms with Crippen LogP contribution in [0.5, 0.6) is 0 Å². The van der Waals surface area contributed by atoms with Gasteiger partial charge in [0.25, 0.3) is 0 Å². The highest BCUT2D eigenvalue weighted by atomic mass is 32.1. The van der Waals surface area contributed by atoms with Crippen molar-refractivity contribution < 1.29 is 0 Å². The third-order valence-corrected chi connectivity index (χ3v) is 4.45. The lowest BCUT2D eigenvalue weighted by atomic mass is 10.2. The maximum Gasteiger partial charge on any atom is 0.0870 e. The second-order valence-electron chi connectivity index (χ2n) is 5.78. The van der Waals surface area contributed by atoms with E-state index >= 15 is 0 Å². The van der Waals surface area contributed by atoms with Gasteiger partial charge in [-0.3, -0.25) is 4.90 Å². The van der Waals surface area contributed by atoms with E-state index in [1.165, 1.54) is 71.1 Å². The zero-order valence-electron chi connectivity index (χ0n) is 11.4. The van der Waals surface area contributed by atoms with Gasteiger partial charge in [-0.15, -0.1) is 0 Å². The molecule has 0 bridgehead atoms. The number of rotatable bonds is 7. The van der Waals surface area contributed by atoms with Crippen molar-refractivity contribution in [3.63, 3.8) is 0 Å². The molecule has 2 fully saturated rings. The average Bonchev–Trinajstić information content (AvgIpc) is 3.00. The molecule has 0 radical (unpaired) electrons. The SMILES string of the molecule is NC(=S)CN(CCCN1CCCC1)C1CCCC1. The van der Waals surface area contributed by atoms with Crippen LogP contribution in [-0.2, 0) is 0 Å². The first-order chi connectivity index (χ1) is 8.75. The number of thiocarbonyl (C=S) groups is 1. The van der Waals surface area contributed by atoms with E-state index < -0.39 is 0 Å². The molecule has 0 aromatic carbocycles. The molecule has 2 rings (SSSR count). The van der Waals surface area contributed by atoms with Gasteiger partial charge in [0.15, 0.2) is 0 Å². The van der Waals surface area contributed by atoms with Gasteiger partial charge in [-0.25, -0.2) is 0 Å². The Balaban J connectivity index is 1.71. The zero-order valence-corrected chi connectivity index (χ0v) is 12.3. The topological polar surface area (TPSA) is 32.5 Å². The quantitative estimate of drug-likeness (QED) is 0.717. The molecule has 1 aliphatic heterocycles. The fraction of sp³-hybridized carbons (Fsp3) is 0.929. The Morgan fingerprint density at radius 1 is 1.17 bits per heavy atom. The lowest BCUT2D eigenvalue weighted by Crippen LogP contribution is -2.40. The van der Waals surface area contributed by atoms with Crippen molar-refractivity contribution in [2.45, 2.75) is 51.0 Å². The molecule has 0 amide bonds. The van der Waals surface area contributed by atoms with Gasteiger partial charge in [0.05, 0.1) is 4.99 Å². The van der Waals surface area contributed by atoms with Crippen LogP contribution in [0.1, 0.15) is 44.9 Å². The Morgan fingerprint density at radius 3 is 2.44 bits per heavy atom. The summed E-state index contributed by atoms with van der Waals surface area (Å²) in [5.41, 5.74) is 5.73. The van der Waals surface area contributed by atoms with Gasteiger partial charge in [-0.2, -0.15) is 0 Å². The summed E-state index contributed by atoms with van der Waals surface area (Å²) in [7, 11) is 0. The van der Waals surface area contributed by atoms with E-state index in [0.717, 1.165) is 12.6 Å². The number of hydrogen-bond acceptors (Lipinski definition) is 3. The number of nitrogens with two attached hydrogens (primary N) is 1. The Bertz CT molecular complexity index is 258. The van der Waals surface area contributed by atoms with Crippen molar-refractivity contribution in [3.05, 3.63) is 0 Å². The van der Waals surface area contributed by atoms with Gasteiger partial charge in [-0.05, 0) is 51.7 Å². The van der Waals surface area contributed by atoms with E-state index in [9.17, 15) is 0 Å². The van der Waals surface area contributed by atoms with Crippen LogP contribution in [0.25, 0.3) is 0 Å². The highest BCUT2D eigenvalue weighted by Gasteiger charge is 2.22. The highest BCUT2D eigenvalue weighted by molar-refractivity contribution is 7.80. The molecule has 4 heteroatoms. The first-order valence-electron chi connectivity index (χ1n) is 7.50. The van der Waals surface area contributed by atoms with Crippen LogP contribution in [0.2, 0.25) is 0 Å². The minimum absolute atomic E-state index is 0.656. The minimum atomic E-state index is 0.656. The molecule has 0 aromatic rings. The molecule has 3 nitrogen and oxygen atoms in total. The monoisotopic (exact) mass is 269 g/mol. The van der Waals surface area contributed by atoms with Crippen molar-refractivity contribution >= 4 is 17.2 Å². The summed E-state index contributed by atoms with van der Waals surface area (Å²) in [6, 6.07) is 0.741. The molecule has 2 N–H and O–H groups in total. The number of hydrogen-bond donors (Lipinski definition) is 1. The van der Waals surface area contributed by atoms with E-state index in [0.29, 0.717) is 4.99 Å². The Morgan fingerprint density at radius 2 is 1.83 bits per heavy atom. The normalized spacial score (nSPS) is 22.1. The summed E-state index contributed by atoms with van der Waals surface area (Å²) in [4.78, 5) is 5.78. The lowest BCUT2D eigenvalue weighted by molar-refractivity contribution is 0.210. The van der Waals surface area contributed by atoms with Crippen molar-refractivity contribution in [2.24, 2.45) is 5.73 Å². The summed E-state index contributed by atoms with van der Waals surface area (Å²) in [5, 5.41) is 0. The molecule has 1 heterocycles. The van der Waals surface area contributed by atoms with Gasteiger partial charge >= 0.3 is 0 Å². The zero-order chi connectivity index (χ0) is 12.8. The first kappa shape index (κ1) is 14.2. The molecular formula is C14H27N3S. The van der Waals surface area contributed by atoms with E-state index in [1.54, 1.807) is 0 Å². The molecule has 1 saturated carbocycles. The molecular weight excluding hydrogens is 242 g/mol. The predicted octanol–water partition coefficient (Wildman–Crippen LogP) is 2.00. The van der Waals surface area contributed by atoms with Crippen molar-refractivity contribution in [1.82, 2.24) is 9.80 Å². The maximum atomic E-state index is 5.73. The minimum Gasteiger partial charge on any atom is -0.392 e. The molecule has 0 atom stereocenters. The van der Waals surface area contributed by atoms with E-state index in [1.807, 2.05) is 0 Å². The van der Waals surface area contributed by atoms with Gasteiger partial charge in [0.1, 0.15) is 0 Å². The van der Waals surface area contributed by atoms with Crippen LogP contribution in [0, 0.1) is 0 Å². The van der Waals surface area contributed by atoms with Gasteiger partial charge in [0, 0.05) is 19.1 Å². The summed E-state index contributed by atoms with van der Waals surface area (Å²) in [6.07, 6.45) is 9.48. The van der Waals surface area contributed by atoms with Gasteiger partial charge in [0.2, 0.25) is 0 Å². The molecule has 104 valence electrons. The third-order valence-electron chi connectivity index (χ3n) is 4.32. The van der Waals surface area contributed by atoms with Crippen LogP contribution in [-0.4, -0.2) is 53.6 Å². The lowest BCUT2D eigenvalue weighted by Gasteiger charge is -2.29. The maximum absolute atomic E-state index is 5.73. The molecule has 0 unspecified atom stereocenters. The molecule has 18 heavy (non-hydrogen) atoms. The molecule has 0 aromatic heterocycles. The summed E-state index contributed by atoms with van der Waals surface area (Å²) < 4.78 is 0. The highest BCUT2D eigenvalue weighted by Crippen LogP contribution is 2.23. The largest absolute Gasteiger partial charge is 0.392 e. The van der Waals surface area contributed by atoms with E-state index in [2.05, 4.69) is 9.80 Å². The third kappa shape index (κ3) is 4.48. The first-order valence-corrected chi connectivity index (χ1v) is 7.91. The van der Waals surface area contributed by atoms with Crippen molar-refractivity contribution in [1.29, 1.82) is 0 Å². The molecule has 0 spiro atoms. The Labute approximate surface area is 117 Å². The molecule has 1 saturated heterocycles. The van der Waals surface area contributed by atoms with Crippen LogP contribution in [0.15, 0.2) is 0 Å². The predicted molar refractivity (Wildman–Crippen MR) is 80.9 cm³/mol. The van der Waals surface area contributed by atoms with E-state index in [-0.39, 0.29) is 0 Å². The van der Waals surface area contributed by atoms with Crippen LogP contribution in [0.3, 0.4) is 0 Å². The average molecular weight is 269 g/mol. The van der Waals surface area contributed by atoms with Crippen LogP contribution < -0.4 is 5.73 Å². The van der Waals surface area contributed by atoms with E-state index in [4.69, 9.17) is 18.0 Å². The van der Waals surface area contributed by atoms with Gasteiger partial charge < -0.3 is 10.6 Å². The Kier molecular flexibility index (Phi) is 5.86.